The number of hydrogen-bond donors (Lipinski definition) is 1. The zero-order chi connectivity index (χ0) is 8.69. The van der Waals surface area contributed by atoms with E-state index in [2.05, 4.69) is 4.79 Å². The molecule has 0 fully saturated rings. The predicted molar refractivity (Wildman–Crippen MR) is 43.3 cm³/mol. The van der Waals surface area contributed by atoms with Gasteiger partial charge in [-0.15, -0.1) is 0 Å². The van der Waals surface area contributed by atoms with E-state index in [0.29, 0.717) is 6.42 Å². The Morgan fingerprint density at radius 3 is 2.64 bits per heavy atom. The van der Waals surface area contributed by atoms with Gasteiger partial charge in [0.25, 0.3) is 6.21 Å². The van der Waals surface area contributed by atoms with Gasteiger partial charge in [0.05, 0.1) is 0 Å². The molecular weight excluding hydrogens is 164 g/mol. The molecule has 1 unspecified atom stereocenters. The second kappa shape index (κ2) is 6.07. The van der Waals surface area contributed by atoms with Crippen LogP contribution in [0.1, 0.15) is 26.2 Å². The molecule has 64 valence electrons. The van der Waals surface area contributed by atoms with Gasteiger partial charge in [0, 0.05) is 0 Å². The van der Waals surface area contributed by atoms with Crippen LogP contribution in [0.15, 0.2) is 0 Å². The number of rotatable bonds is 5. The highest BCUT2D eigenvalue weighted by molar-refractivity contribution is 7.73. The normalized spacial score (nSPS) is 12.5. The molecule has 0 aromatic rings. The van der Waals surface area contributed by atoms with E-state index in [1.807, 2.05) is 6.92 Å². The largest absolute Gasteiger partial charge is 0.362 e. The molecule has 4 nitrogen and oxygen atoms in total. The average molecular weight is 176 g/mol. The van der Waals surface area contributed by atoms with Crippen LogP contribution in [0.25, 0.3) is 5.53 Å². The maximum Gasteiger partial charge on any atom is 0.275 e. The molecule has 1 atom stereocenters. The number of unbranched alkanes of at least 4 members (excludes halogenated alkanes) is 1. The van der Waals surface area contributed by atoms with E-state index in [1.165, 1.54) is 0 Å². The SMILES string of the molecule is CCCCC(C=[N+]=[N-])[SH](=O)=O. The van der Waals surface area contributed by atoms with Crippen LogP contribution in [0.3, 0.4) is 0 Å². The zero-order valence-electron chi connectivity index (χ0n) is 6.43. The van der Waals surface area contributed by atoms with E-state index in [-0.39, 0.29) is 0 Å². The fourth-order valence-electron chi connectivity index (χ4n) is 0.725. The van der Waals surface area contributed by atoms with Crippen LogP contribution in [0, 0.1) is 0 Å². The van der Waals surface area contributed by atoms with Gasteiger partial charge in [-0.2, -0.15) is 4.79 Å². The zero-order valence-corrected chi connectivity index (χ0v) is 7.33. The summed E-state index contributed by atoms with van der Waals surface area (Å²) < 4.78 is 20.9. The highest BCUT2D eigenvalue weighted by Crippen LogP contribution is 2.00. The first-order valence-corrected chi connectivity index (χ1v) is 4.78. The fourth-order valence-corrected chi connectivity index (χ4v) is 1.29. The minimum Gasteiger partial charge on any atom is -0.362 e. The summed E-state index contributed by atoms with van der Waals surface area (Å²) in [4.78, 5) is 2.70. The summed E-state index contributed by atoms with van der Waals surface area (Å²) in [6.07, 6.45) is 3.37. The Bertz CT molecular complexity index is 211. The van der Waals surface area contributed by atoms with Crippen molar-refractivity contribution in [2.75, 3.05) is 0 Å². The van der Waals surface area contributed by atoms with Crippen LogP contribution < -0.4 is 0 Å². The molecule has 0 aliphatic rings. The van der Waals surface area contributed by atoms with E-state index in [0.717, 1.165) is 19.1 Å². The second-order valence-electron chi connectivity index (χ2n) is 2.26. The highest BCUT2D eigenvalue weighted by Gasteiger charge is 2.11. The van der Waals surface area contributed by atoms with Gasteiger partial charge in [-0.3, -0.25) is 0 Å². The summed E-state index contributed by atoms with van der Waals surface area (Å²) in [6.45, 7) is 1.98. The number of nitrogens with zero attached hydrogens (tertiary/aromatic N) is 2. The van der Waals surface area contributed by atoms with E-state index in [1.54, 1.807) is 0 Å². The first-order valence-electron chi connectivity index (χ1n) is 3.53. The van der Waals surface area contributed by atoms with E-state index < -0.39 is 16.0 Å². The minimum atomic E-state index is -2.49. The molecule has 0 aliphatic heterocycles. The smallest absolute Gasteiger partial charge is 0.275 e. The van der Waals surface area contributed by atoms with Gasteiger partial charge < -0.3 is 5.53 Å². The van der Waals surface area contributed by atoms with Gasteiger partial charge in [-0.25, -0.2) is 8.42 Å². The third-order valence-electron chi connectivity index (χ3n) is 1.36. The van der Waals surface area contributed by atoms with Gasteiger partial charge >= 0.3 is 0 Å². The molecule has 0 amide bonds. The van der Waals surface area contributed by atoms with Crippen LogP contribution in [0.2, 0.25) is 0 Å². The molecule has 0 N–H and O–H groups in total. The molecule has 0 saturated heterocycles. The molecule has 11 heavy (non-hydrogen) atoms. The van der Waals surface area contributed by atoms with Crippen molar-refractivity contribution in [3.05, 3.63) is 5.53 Å². The Kier molecular flexibility index (Phi) is 5.70. The van der Waals surface area contributed by atoms with Crippen molar-refractivity contribution < 1.29 is 13.2 Å². The monoisotopic (exact) mass is 176 g/mol. The first-order chi connectivity index (χ1) is 5.22. The molecule has 0 rings (SSSR count). The quantitative estimate of drug-likeness (QED) is 0.286. The Labute approximate surface area is 67.8 Å². The summed E-state index contributed by atoms with van der Waals surface area (Å²) in [5, 5.41) is -0.602. The van der Waals surface area contributed by atoms with Gasteiger partial charge in [0.1, 0.15) is 0 Å². The van der Waals surface area contributed by atoms with Crippen molar-refractivity contribution in [1.29, 1.82) is 0 Å². The molecule has 0 saturated carbocycles. The summed E-state index contributed by atoms with van der Waals surface area (Å²) in [6, 6.07) is 0. The van der Waals surface area contributed by atoms with E-state index >= 15 is 0 Å². The lowest BCUT2D eigenvalue weighted by Crippen LogP contribution is -2.11. The number of thiol groups is 1. The Balaban J connectivity index is 4.00. The molecular formula is C6H12N2O2S. The fraction of sp³-hybridized carbons (Fsp3) is 0.833. The molecule has 0 spiro atoms. The molecule has 0 heterocycles. The van der Waals surface area contributed by atoms with Crippen LogP contribution >= 0.6 is 0 Å². The van der Waals surface area contributed by atoms with Crippen molar-refractivity contribution in [2.45, 2.75) is 31.4 Å². The average Bonchev–Trinajstić information content (AvgIpc) is 1.97. The van der Waals surface area contributed by atoms with Crippen LogP contribution in [-0.4, -0.2) is 24.7 Å². The molecule has 0 bridgehead atoms. The van der Waals surface area contributed by atoms with Gasteiger partial charge in [-0.05, 0) is 6.42 Å². The van der Waals surface area contributed by atoms with Crippen molar-refractivity contribution in [3.8, 4) is 0 Å². The summed E-state index contributed by atoms with van der Waals surface area (Å²) in [5.74, 6) is 0. The second-order valence-corrected chi connectivity index (χ2v) is 3.49. The van der Waals surface area contributed by atoms with Crippen LogP contribution in [0.5, 0.6) is 0 Å². The summed E-state index contributed by atoms with van der Waals surface area (Å²) in [5.41, 5.74) is 8.09. The van der Waals surface area contributed by atoms with Crippen molar-refractivity contribution in [2.24, 2.45) is 0 Å². The highest BCUT2D eigenvalue weighted by atomic mass is 32.2. The Morgan fingerprint density at radius 2 is 2.27 bits per heavy atom. The maximum absolute atomic E-state index is 10.4. The van der Waals surface area contributed by atoms with Crippen LogP contribution in [-0.2, 0) is 10.7 Å². The Hall–Kier alpha value is -0.670. The van der Waals surface area contributed by atoms with E-state index in [4.69, 9.17) is 5.53 Å². The van der Waals surface area contributed by atoms with Gasteiger partial charge in [0.15, 0.2) is 16.0 Å². The molecule has 5 heteroatoms. The topological polar surface area (TPSA) is 70.5 Å². The predicted octanol–water partition coefficient (Wildman–Crippen LogP) is 0.457. The van der Waals surface area contributed by atoms with Crippen molar-refractivity contribution in [1.82, 2.24) is 0 Å². The minimum absolute atomic E-state index is 0.541. The summed E-state index contributed by atoms with van der Waals surface area (Å²) in [7, 11) is -2.49. The molecule has 0 aliphatic carbocycles. The standard InChI is InChI=1S/C6H12N2O2S/c1-2-3-4-6(5-8-7)11(9)10/h5-6,11H,2-4H2,1H3. The number of hydrogen-bond acceptors (Lipinski definition) is 2. The van der Waals surface area contributed by atoms with Gasteiger partial charge in [-0.1, -0.05) is 19.8 Å². The molecule has 0 radical (unpaired) electrons. The third kappa shape index (κ3) is 4.70. The van der Waals surface area contributed by atoms with Crippen LogP contribution in [0.4, 0.5) is 0 Å². The van der Waals surface area contributed by atoms with Gasteiger partial charge in [0.2, 0.25) is 0 Å². The lowest BCUT2D eigenvalue weighted by atomic mass is 10.2. The Morgan fingerprint density at radius 1 is 1.64 bits per heavy atom. The van der Waals surface area contributed by atoms with Crippen molar-refractivity contribution >= 4 is 16.9 Å². The molecule has 0 aromatic carbocycles. The van der Waals surface area contributed by atoms with E-state index in [9.17, 15) is 8.42 Å². The maximum atomic E-state index is 10.4. The first kappa shape index (κ1) is 10.3. The molecule has 0 aromatic heterocycles. The third-order valence-corrected chi connectivity index (χ3v) is 2.30. The van der Waals surface area contributed by atoms with Crippen molar-refractivity contribution in [3.63, 3.8) is 0 Å². The summed E-state index contributed by atoms with van der Waals surface area (Å²) >= 11 is 0. The lowest BCUT2D eigenvalue weighted by molar-refractivity contribution is 0.00110. The lowest BCUT2D eigenvalue weighted by Gasteiger charge is -1.96.